The smallest absolute Gasteiger partial charge is 0.278 e. The van der Waals surface area contributed by atoms with Crippen molar-refractivity contribution in [2.45, 2.75) is 32.9 Å². The molecule has 0 N–H and O–H groups in total. The molecular formula is C18H17ClN6O. The summed E-state index contributed by atoms with van der Waals surface area (Å²) in [4.78, 5) is 23.7. The zero-order valence-electron chi connectivity index (χ0n) is 14.4. The molecule has 0 fully saturated rings. The number of hydrogen-bond acceptors (Lipinski definition) is 5. The van der Waals surface area contributed by atoms with Gasteiger partial charge in [0, 0.05) is 11.6 Å². The first-order valence-corrected chi connectivity index (χ1v) is 8.72. The second-order valence-corrected chi connectivity index (χ2v) is 6.89. The quantitative estimate of drug-likeness (QED) is 0.694. The highest BCUT2D eigenvalue weighted by Gasteiger charge is 2.28. The molecular weight excluding hydrogens is 352 g/mol. The van der Waals surface area contributed by atoms with E-state index in [-0.39, 0.29) is 22.5 Å². The predicted molar refractivity (Wildman–Crippen MR) is 97.2 cm³/mol. The van der Waals surface area contributed by atoms with Crippen LogP contribution in [-0.2, 0) is 13.1 Å². The molecule has 0 saturated heterocycles. The molecule has 0 saturated carbocycles. The summed E-state index contributed by atoms with van der Waals surface area (Å²) < 4.78 is 1.80. The van der Waals surface area contributed by atoms with Crippen molar-refractivity contribution < 1.29 is 4.79 Å². The molecule has 0 radical (unpaired) electrons. The van der Waals surface area contributed by atoms with Gasteiger partial charge < -0.3 is 4.90 Å². The molecule has 0 bridgehead atoms. The van der Waals surface area contributed by atoms with Crippen molar-refractivity contribution in [1.29, 1.82) is 0 Å². The maximum Gasteiger partial charge on any atom is 0.278 e. The topological polar surface area (TPSA) is 76.8 Å². The number of carbonyl (C=O) groups excluding carboxylic acids is 1. The van der Waals surface area contributed by atoms with E-state index in [0.717, 1.165) is 16.9 Å². The lowest BCUT2D eigenvalue weighted by Gasteiger charge is -2.22. The second-order valence-electron chi connectivity index (χ2n) is 6.48. The fourth-order valence-corrected chi connectivity index (χ4v) is 3.14. The van der Waals surface area contributed by atoms with Crippen LogP contribution in [0.25, 0.3) is 0 Å². The lowest BCUT2D eigenvalue weighted by Crippen LogP contribution is -2.32. The molecule has 1 amide bonds. The number of anilines is 1. The van der Waals surface area contributed by atoms with E-state index in [4.69, 9.17) is 11.6 Å². The number of rotatable bonds is 2. The Bertz CT molecular complexity index is 983. The van der Waals surface area contributed by atoms with Gasteiger partial charge in [0.2, 0.25) is 0 Å². The fourth-order valence-electron chi connectivity index (χ4n) is 2.97. The summed E-state index contributed by atoms with van der Waals surface area (Å²) in [6.45, 7) is 4.86. The van der Waals surface area contributed by atoms with Gasteiger partial charge in [-0.3, -0.25) is 4.79 Å². The number of aromatic nitrogens is 5. The van der Waals surface area contributed by atoms with Crippen LogP contribution in [0, 0.1) is 0 Å². The number of amides is 1. The zero-order valence-corrected chi connectivity index (χ0v) is 15.2. The van der Waals surface area contributed by atoms with Crippen LogP contribution in [-0.4, -0.2) is 30.9 Å². The van der Waals surface area contributed by atoms with E-state index in [2.05, 4.69) is 20.3 Å². The van der Waals surface area contributed by atoms with E-state index >= 15 is 0 Å². The third kappa shape index (κ3) is 2.84. The lowest BCUT2D eigenvalue weighted by molar-refractivity contribution is 0.0979. The number of carbonyl (C=O) groups is 1. The number of nitrogens with zero attached hydrogens (tertiary/aromatic N) is 6. The maximum atomic E-state index is 13.3. The minimum Gasteiger partial charge on any atom is -0.301 e. The summed E-state index contributed by atoms with van der Waals surface area (Å²) in [5, 5.41) is 8.32. The van der Waals surface area contributed by atoms with Crippen molar-refractivity contribution in [3.63, 3.8) is 0 Å². The Morgan fingerprint density at radius 1 is 1.19 bits per heavy atom. The molecule has 26 heavy (non-hydrogen) atoms. The molecule has 3 aromatic rings. The Kier molecular flexibility index (Phi) is 4.16. The third-order valence-electron chi connectivity index (χ3n) is 4.35. The maximum absolute atomic E-state index is 13.3. The average molecular weight is 369 g/mol. The molecule has 132 valence electrons. The van der Waals surface area contributed by atoms with Crippen molar-refractivity contribution in [2.24, 2.45) is 0 Å². The van der Waals surface area contributed by atoms with Crippen molar-refractivity contribution in [2.75, 3.05) is 4.90 Å². The van der Waals surface area contributed by atoms with Crippen LogP contribution >= 0.6 is 11.6 Å². The fraction of sp³-hybridized carbons (Fsp3) is 0.278. The van der Waals surface area contributed by atoms with Crippen LogP contribution in [0.15, 0.2) is 36.7 Å². The first kappa shape index (κ1) is 16.7. The average Bonchev–Trinajstić information content (AvgIpc) is 3.00. The molecule has 4 rings (SSSR count). The number of halogens is 1. The summed E-state index contributed by atoms with van der Waals surface area (Å²) >= 11 is 6.26. The van der Waals surface area contributed by atoms with Gasteiger partial charge in [0.25, 0.3) is 5.91 Å². The Morgan fingerprint density at radius 3 is 2.81 bits per heavy atom. The molecule has 3 heterocycles. The third-order valence-corrected chi connectivity index (χ3v) is 4.62. The zero-order chi connectivity index (χ0) is 18.3. The lowest BCUT2D eigenvalue weighted by atomic mass is 10.1. The second kappa shape index (κ2) is 6.49. The molecule has 0 aliphatic carbocycles. The van der Waals surface area contributed by atoms with Gasteiger partial charge in [-0.05, 0) is 11.6 Å². The van der Waals surface area contributed by atoms with Crippen LogP contribution in [0.2, 0.25) is 5.02 Å². The minimum atomic E-state index is -0.263. The summed E-state index contributed by atoms with van der Waals surface area (Å²) in [7, 11) is 0. The van der Waals surface area contributed by atoms with E-state index in [9.17, 15) is 4.79 Å². The first-order valence-electron chi connectivity index (χ1n) is 8.34. The molecule has 7 nitrogen and oxygen atoms in total. The van der Waals surface area contributed by atoms with Crippen molar-refractivity contribution in [3.05, 3.63) is 64.5 Å². The monoisotopic (exact) mass is 368 g/mol. The highest BCUT2D eigenvalue weighted by Crippen LogP contribution is 2.29. The Labute approximate surface area is 155 Å². The molecule has 1 aliphatic heterocycles. The Balaban J connectivity index is 1.82. The largest absolute Gasteiger partial charge is 0.301 e. The number of para-hydroxylation sites is 1. The van der Waals surface area contributed by atoms with Crippen molar-refractivity contribution >= 4 is 23.2 Å². The van der Waals surface area contributed by atoms with E-state index in [0.29, 0.717) is 18.9 Å². The van der Waals surface area contributed by atoms with Gasteiger partial charge in [-0.15, -0.1) is 5.10 Å². The Hall–Kier alpha value is -2.80. The van der Waals surface area contributed by atoms with Crippen LogP contribution in [0.3, 0.4) is 0 Å². The van der Waals surface area contributed by atoms with E-state index in [1.165, 1.54) is 6.20 Å². The van der Waals surface area contributed by atoms with E-state index < -0.39 is 0 Å². The van der Waals surface area contributed by atoms with Crippen molar-refractivity contribution in [1.82, 2.24) is 25.0 Å². The van der Waals surface area contributed by atoms with Crippen molar-refractivity contribution in [3.8, 4) is 0 Å². The predicted octanol–water partition coefficient (Wildman–Crippen LogP) is 3.05. The van der Waals surface area contributed by atoms with Gasteiger partial charge in [0.05, 0.1) is 36.2 Å². The highest BCUT2D eigenvalue weighted by atomic mass is 35.5. The Morgan fingerprint density at radius 2 is 2.00 bits per heavy atom. The van der Waals surface area contributed by atoms with Crippen LogP contribution < -0.4 is 4.90 Å². The van der Waals surface area contributed by atoms with E-state index in [1.807, 2.05) is 38.1 Å². The number of benzene rings is 1. The molecule has 1 aromatic carbocycles. The van der Waals surface area contributed by atoms with Gasteiger partial charge >= 0.3 is 0 Å². The standard InChI is InChI=1S/C18H17ClN6O/c1-11(2)17-20-8-14(19)16(22-17)18(26)24-10-13-7-21-23-25(13)9-12-5-3-4-6-15(12)24/h3-8,11H,9-10H2,1-2H3. The summed E-state index contributed by atoms with van der Waals surface area (Å²) in [6, 6.07) is 7.75. The summed E-state index contributed by atoms with van der Waals surface area (Å²) in [5.41, 5.74) is 2.87. The molecule has 1 aliphatic rings. The van der Waals surface area contributed by atoms with Gasteiger partial charge in [-0.1, -0.05) is 48.9 Å². The van der Waals surface area contributed by atoms with Gasteiger partial charge in [0.15, 0.2) is 5.69 Å². The summed E-state index contributed by atoms with van der Waals surface area (Å²) in [6.07, 6.45) is 3.17. The van der Waals surface area contributed by atoms with Crippen LogP contribution in [0.1, 0.15) is 47.3 Å². The summed E-state index contributed by atoms with van der Waals surface area (Å²) in [5.74, 6) is 0.426. The SMILES string of the molecule is CC(C)c1ncc(Cl)c(C(=O)N2Cc3cnnn3Cc3ccccc32)n1. The molecule has 0 spiro atoms. The normalized spacial score (nSPS) is 13.3. The van der Waals surface area contributed by atoms with Crippen LogP contribution in [0.5, 0.6) is 0 Å². The molecule has 2 aromatic heterocycles. The number of fused-ring (bicyclic) bond motifs is 2. The first-order chi connectivity index (χ1) is 12.5. The van der Waals surface area contributed by atoms with Gasteiger partial charge in [-0.25, -0.2) is 14.6 Å². The molecule has 8 heteroatoms. The van der Waals surface area contributed by atoms with E-state index in [1.54, 1.807) is 15.8 Å². The molecule has 0 unspecified atom stereocenters. The van der Waals surface area contributed by atoms with Gasteiger partial charge in [-0.2, -0.15) is 0 Å². The highest BCUT2D eigenvalue weighted by molar-refractivity contribution is 6.34. The number of hydrogen-bond donors (Lipinski definition) is 0. The van der Waals surface area contributed by atoms with Crippen LogP contribution in [0.4, 0.5) is 5.69 Å². The van der Waals surface area contributed by atoms with Gasteiger partial charge in [0.1, 0.15) is 5.82 Å². The molecule has 0 atom stereocenters. The minimum absolute atomic E-state index is 0.0980.